The van der Waals surface area contributed by atoms with Crippen LogP contribution in [0.25, 0.3) is 0 Å². The lowest BCUT2D eigenvalue weighted by molar-refractivity contribution is -0.152. The molecule has 0 aromatic heterocycles. The van der Waals surface area contributed by atoms with Gasteiger partial charge in [0, 0.05) is 5.41 Å². The minimum atomic E-state index is -1.91. The Bertz CT molecular complexity index is 471. The Morgan fingerprint density at radius 2 is 1.86 bits per heavy atom. The minimum absolute atomic E-state index is 0.0442. The van der Waals surface area contributed by atoms with Gasteiger partial charge in [0.25, 0.3) is 0 Å². The van der Waals surface area contributed by atoms with Gasteiger partial charge in [0.05, 0.1) is 6.10 Å². The van der Waals surface area contributed by atoms with Crippen molar-refractivity contribution in [1.82, 2.24) is 0 Å². The minimum Gasteiger partial charge on any atom is -0.404 e. The molecule has 2 rings (SSSR count). The van der Waals surface area contributed by atoms with Gasteiger partial charge in [0.15, 0.2) is 14.1 Å². The zero-order valence-electron chi connectivity index (χ0n) is 15.0. The predicted molar refractivity (Wildman–Crippen MR) is 95.8 cm³/mol. The number of fused-ring (bicyclic) bond motifs is 2. The SMILES string of the molecule is C[C@H](O)[C@@H](Br)C(=O)[C@@]1(O[Si](C)(C)C)C[C@H]2CC[C@]1(C)C2(C)C. The van der Waals surface area contributed by atoms with Crippen LogP contribution >= 0.6 is 15.9 Å². The number of carbonyl (C=O) groups excluding carboxylic acids is 1. The van der Waals surface area contributed by atoms with E-state index in [2.05, 4.69) is 56.3 Å². The predicted octanol–water partition coefficient (Wildman–Crippen LogP) is 4.14. The van der Waals surface area contributed by atoms with Crippen molar-refractivity contribution in [2.24, 2.45) is 16.7 Å². The molecule has 0 unspecified atom stereocenters. The van der Waals surface area contributed by atoms with E-state index in [4.69, 9.17) is 4.43 Å². The summed E-state index contributed by atoms with van der Waals surface area (Å²) in [5.41, 5.74) is -0.828. The van der Waals surface area contributed by atoms with E-state index in [9.17, 15) is 9.90 Å². The van der Waals surface area contributed by atoms with E-state index in [0.29, 0.717) is 5.92 Å². The van der Waals surface area contributed by atoms with Crippen LogP contribution in [-0.2, 0) is 9.22 Å². The summed E-state index contributed by atoms with van der Waals surface area (Å²) >= 11 is 3.43. The molecule has 0 amide bonds. The number of hydrogen-bond acceptors (Lipinski definition) is 3. The highest BCUT2D eigenvalue weighted by molar-refractivity contribution is 9.10. The molecule has 0 saturated heterocycles. The zero-order valence-corrected chi connectivity index (χ0v) is 17.6. The van der Waals surface area contributed by atoms with Crippen LogP contribution in [0.1, 0.15) is 47.0 Å². The van der Waals surface area contributed by atoms with Crippen LogP contribution in [0.4, 0.5) is 0 Å². The molecule has 2 aliphatic carbocycles. The van der Waals surface area contributed by atoms with Gasteiger partial charge in [-0.15, -0.1) is 0 Å². The van der Waals surface area contributed by atoms with Gasteiger partial charge < -0.3 is 9.53 Å². The summed E-state index contributed by atoms with van der Waals surface area (Å²) in [6.45, 7) is 14.9. The van der Waals surface area contributed by atoms with Crippen molar-refractivity contribution in [2.45, 2.75) is 83.1 Å². The van der Waals surface area contributed by atoms with Crippen molar-refractivity contribution in [3.63, 3.8) is 0 Å². The number of alkyl halides is 1. The molecule has 0 aliphatic heterocycles. The first-order valence-corrected chi connectivity index (χ1v) is 12.7. The highest BCUT2D eigenvalue weighted by Gasteiger charge is 2.73. The molecule has 22 heavy (non-hydrogen) atoms. The molecule has 2 fully saturated rings. The first-order valence-electron chi connectivity index (χ1n) is 8.35. The summed E-state index contributed by atoms with van der Waals surface area (Å²) < 4.78 is 6.64. The maximum Gasteiger partial charge on any atom is 0.185 e. The maximum absolute atomic E-state index is 13.4. The van der Waals surface area contributed by atoms with Crippen LogP contribution < -0.4 is 0 Å². The molecule has 0 aromatic carbocycles. The number of halogens is 1. The second-order valence-corrected chi connectivity index (χ2v) is 14.5. The van der Waals surface area contributed by atoms with Crippen molar-refractivity contribution in [3.05, 3.63) is 0 Å². The smallest absolute Gasteiger partial charge is 0.185 e. The molecule has 3 nitrogen and oxygen atoms in total. The Morgan fingerprint density at radius 3 is 2.18 bits per heavy atom. The largest absolute Gasteiger partial charge is 0.404 e. The van der Waals surface area contributed by atoms with Gasteiger partial charge in [0.2, 0.25) is 0 Å². The van der Waals surface area contributed by atoms with Gasteiger partial charge in [-0.1, -0.05) is 36.7 Å². The van der Waals surface area contributed by atoms with Crippen LogP contribution in [0.2, 0.25) is 19.6 Å². The number of rotatable bonds is 5. The number of aliphatic hydroxyl groups excluding tert-OH is 1. The lowest BCUT2D eigenvalue weighted by Gasteiger charge is -2.51. The molecule has 1 N–H and O–H groups in total. The summed E-state index contributed by atoms with van der Waals surface area (Å²) in [5.74, 6) is 0.564. The van der Waals surface area contributed by atoms with Crippen LogP contribution in [-0.4, -0.2) is 35.7 Å². The van der Waals surface area contributed by atoms with E-state index in [1.54, 1.807) is 6.92 Å². The number of aliphatic hydroxyl groups is 1. The molecule has 2 aliphatic rings. The molecule has 0 spiro atoms. The average Bonchev–Trinajstić information content (AvgIpc) is 2.67. The second-order valence-electron chi connectivity index (χ2n) is 9.04. The normalized spacial score (nSPS) is 39.8. The van der Waals surface area contributed by atoms with E-state index in [1.165, 1.54) is 6.42 Å². The highest BCUT2D eigenvalue weighted by atomic mass is 79.9. The molecular formula is C17H31BrO3Si. The fourth-order valence-electron chi connectivity index (χ4n) is 4.79. The Kier molecular flexibility index (Phi) is 4.57. The molecule has 0 heterocycles. The Labute approximate surface area is 144 Å². The van der Waals surface area contributed by atoms with E-state index in [0.717, 1.165) is 12.8 Å². The van der Waals surface area contributed by atoms with E-state index in [1.807, 2.05) is 0 Å². The second kappa shape index (κ2) is 5.40. The molecule has 5 heteroatoms. The first kappa shape index (κ1) is 18.6. The molecule has 2 saturated carbocycles. The van der Waals surface area contributed by atoms with Crippen LogP contribution in [0.3, 0.4) is 0 Å². The van der Waals surface area contributed by atoms with Gasteiger partial charge in [-0.25, -0.2) is 0 Å². The maximum atomic E-state index is 13.4. The van der Waals surface area contributed by atoms with Gasteiger partial charge >= 0.3 is 0 Å². The lowest BCUT2D eigenvalue weighted by atomic mass is 9.62. The third-order valence-electron chi connectivity index (χ3n) is 6.41. The van der Waals surface area contributed by atoms with Gasteiger partial charge in [-0.3, -0.25) is 4.79 Å². The quantitative estimate of drug-likeness (QED) is 0.566. The zero-order chi connectivity index (χ0) is 17.1. The average molecular weight is 391 g/mol. The van der Waals surface area contributed by atoms with Gasteiger partial charge in [-0.05, 0) is 57.2 Å². The Hall–Kier alpha value is 0.287. The fraction of sp³-hybridized carbons (Fsp3) is 0.941. The summed E-state index contributed by atoms with van der Waals surface area (Å²) in [4.78, 5) is 12.8. The van der Waals surface area contributed by atoms with E-state index in [-0.39, 0.29) is 16.6 Å². The van der Waals surface area contributed by atoms with Gasteiger partial charge in [0.1, 0.15) is 10.4 Å². The fourth-order valence-corrected chi connectivity index (χ4v) is 6.61. The lowest BCUT2D eigenvalue weighted by Crippen LogP contribution is -2.61. The van der Waals surface area contributed by atoms with Gasteiger partial charge in [-0.2, -0.15) is 0 Å². The Morgan fingerprint density at radius 1 is 1.32 bits per heavy atom. The van der Waals surface area contributed by atoms with E-state index < -0.39 is 24.8 Å². The third kappa shape index (κ3) is 2.47. The molecular weight excluding hydrogens is 360 g/mol. The third-order valence-corrected chi connectivity index (χ3v) is 8.55. The molecule has 2 bridgehead atoms. The first-order chi connectivity index (χ1) is 9.78. The summed E-state index contributed by atoms with van der Waals surface area (Å²) in [6.07, 6.45) is 2.30. The monoisotopic (exact) mass is 390 g/mol. The number of carbonyl (C=O) groups is 1. The standard InChI is InChI=1S/C17H31BrO3Si/c1-11(19)13(18)14(20)17(21-22(5,6)7)10-12-8-9-16(17,4)15(12,2)3/h11-13,19H,8-10H2,1-7H3/t11-,12+,13+,16+,17-/m0/s1. The molecule has 0 radical (unpaired) electrons. The number of ketones is 1. The molecule has 128 valence electrons. The topological polar surface area (TPSA) is 46.5 Å². The van der Waals surface area contributed by atoms with Crippen molar-refractivity contribution < 1.29 is 14.3 Å². The number of Topliss-reactive ketones (excluding diaryl/α,β-unsaturated/α-hetero) is 1. The van der Waals surface area contributed by atoms with Crippen molar-refractivity contribution >= 4 is 30.0 Å². The van der Waals surface area contributed by atoms with Crippen LogP contribution in [0, 0.1) is 16.7 Å². The van der Waals surface area contributed by atoms with Crippen LogP contribution in [0.15, 0.2) is 0 Å². The molecule has 0 aromatic rings. The van der Waals surface area contributed by atoms with E-state index >= 15 is 0 Å². The Balaban J connectivity index is 2.53. The number of hydrogen-bond donors (Lipinski definition) is 1. The summed E-state index contributed by atoms with van der Waals surface area (Å²) in [5, 5.41) is 9.94. The molecule has 5 atom stereocenters. The van der Waals surface area contributed by atoms with Crippen LogP contribution in [0.5, 0.6) is 0 Å². The van der Waals surface area contributed by atoms with Crippen molar-refractivity contribution in [3.8, 4) is 0 Å². The summed E-state index contributed by atoms with van der Waals surface area (Å²) in [6, 6.07) is 0. The summed E-state index contributed by atoms with van der Waals surface area (Å²) in [7, 11) is -1.91. The highest BCUT2D eigenvalue weighted by Crippen LogP contribution is 2.71. The van der Waals surface area contributed by atoms with Crippen molar-refractivity contribution in [2.75, 3.05) is 0 Å². The van der Waals surface area contributed by atoms with Crippen molar-refractivity contribution in [1.29, 1.82) is 0 Å².